The summed E-state index contributed by atoms with van der Waals surface area (Å²) in [5.41, 5.74) is -0.312. The highest BCUT2D eigenvalue weighted by atomic mass is 79.9. The second-order valence-corrected chi connectivity index (χ2v) is 3.39. The predicted octanol–water partition coefficient (Wildman–Crippen LogP) is 2.79. The van der Waals surface area contributed by atoms with Crippen LogP contribution in [0.15, 0.2) is 10.7 Å². The molecule has 0 unspecified atom stereocenters. The van der Waals surface area contributed by atoms with Gasteiger partial charge in [-0.25, -0.2) is 18.6 Å². The number of aromatic carboxylic acids is 1. The standard InChI is InChI=1S/C8H6BrF2NO2/c1-3-2-4(8(13)14)12-6(9)5(3)7(10)11/h2,7H,1H3,(H,13,14). The fourth-order valence-electron chi connectivity index (χ4n) is 1.02. The Balaban J connectivity index is 3.32. The summed E-state index contributed by atoms with van der Waals surface area (Å²) < 4.78 is 24.7. The maximum absolute atomic E-state index is 12.4. The zero-order valence-electron chi connectivity index (χ0n) is 7.09. The minimum atomic E-state index is -2.67. The van der Waals surface area contributed by atoms with Gasteiger partial charge in [-0.1, -0.05) is 0 Å². The maximum Gasteiger partial charge on any atom is 0.354 e. The van der Waals surface area contributed by atoms with Crippen molar-refractivity contribution < 1.29 is 18.7 Å². The molecule has 0 radical (unpaired) electrons. The summed E-state index contributed by atoms with van der Waals surface area (Å²) in [6, 6.07) is 1.12. The van der Waals surface area contributed by atoms with Gasteiger partial charge < -0.3 is 5.11 Å². The number of halogens is 3. The highest BCUT2D eigenvalue weighted by Crippen LogP contribution is 2.29. The summed E-state index contributed by atoms with van der Waals surface area (Å²) in [6.07, 6.45) is -2.67. The van der Waals surface area contributed by atoms with E-state index in [9.17, 15) is 13.6 Å². The van der Waals surface area contributed by atoms with Crippen LogP contribution in [0.3, 0.4) is 0 Å². The average Bonchev–Trinajstić information content (AvgIpc) is 2.01. The average molecular weight is 266 g/mol. The second-order valence-electron chi connectivity index (χ2n) is 2.63. The van der Waals surface area contributed by atoms with E-state index in [2.05, 4.69) is 20.9 Å². The fraction of sp³-hybridized carbons (Fsp3) is 0.250. The number of carboxylic acids is 1. The van der Waals surface area contributed by atoms with Crippen LogP contribution >= 0.6 is 15.9 Å². The Morgan fingerprint density at radius 1 is 1.64 bits per heavy atom. The number of aromatic nitrogens is 1. The summed E-state index contributed by atoms with van der Waals surface area (Å²) in [5.74, 6) is -1.24. The van der Waals surface area contributed by atoms with Crippen molar-refractivity contribution in [1.82, 2.24) is 4.98 Å². The van der Waals surface area contributed by atoms with Crippen molar-refractivity contribution in [2.75, 3.05) is 0 Å². The minimum Gasteiger partial charge on any atom is -0.477 e. The van der Waals surface area contributed by atoms with Gasteiger partial charge in [-0.15, -0.1) is 0 Å². The van der Waals surface area contributed by atoms with Gasteiger partial charge in [-0.3, -0.25) is 0 Å². The van der Waals surface area contributed by atoms with Crippen LogP contribution < -0.4 is 0 Å². The Kier molecular flexibility index (Phi) is 3.15. The Hall–Kier alpha value is -1.04. The number of carbonyl (C=O) groups is 1. The molecule has 0 aliphatic carbocycles. The highest BCUT2D eigenvalue weighted by molar-refractivity contribution is 9.10. The van der Waals surface area contributed by atoms with E-state index >= 15 is 0 Å². The van der Waals surface area contributed by atoms with Crippen LogP contribution in [0.2, 0.25) is 0 Å². The monoisotopic (exact) mass is 265 g/mol. The largest absolute Gasteiger partial charge is 0.477 e. The molecule has 3 nitrogen and oxygen atoms in total. The second kappa shape index (κ2) is 4.00. The molecule has 0 aliphatic rings. The van der Waals surface area contributed by atoms with Crippen LogP contribution in [0.25, 0.3) is 0 Å². The van der Waals surface area contributed by atoms with E-state index in [-0.39, 0.29) is 21.4 Å². The smallest absolute Gasteiger partial charge is 0.354 e. The van der Waals surface area contributed by atoms with Gasteiger partial charge in [0.05, 0.1) is 5.56 Å². The molecule has 0 atom stereocenters. The molecular weight excluding hydrogens is 260 g/mol. The molecule has 0 aromatic carbocycles. The van der Waals surface area contributed by atoms with Crippen molar-refractivity contribution in [2.24, 2.45) is 0 Å². The molecule has 1 N–H and O–H groups in total. The lowest BCUT2D eigenvalue weighted by molar-refractivity contribution is 0.0689. The molecule has 1 heterocycles. The molecule has 0 amide bonds. The van der Waals surface area contributed by atoms with Gasteiger partial charge >= 0.3 is 5.97 Å². The number of rotatable bonds is 2. The lowest BCUT2D eigenvalue weighted by Gasteiger charge is -2.07. The topological polar surface area (TPSA) is 50.2 Å². The molecule has 0 fully saturated rings. The normalized spacial score (nSPS) is 10.6. The number of hydrogen-bond acceptors (Lipinski definition) is 2. The van der Waals surface area contributed by atoms with Crippen LogP contribution in [0, 0.1) is 6.92 Å². The van der Waals surface area contributed by atoms with E-state index in [4.69, 9.17) is 5.11 Å². The summed E-state index contributed by atoms with van der Waals surface area (Å²) >= 11 is 2.81. The van der Waals surface area contributed by atoms with E-state index < -0.39 is 12.4 Å². The summed E-state index contributed by atoms with van der Waals surface area (Å²) in [4.78, 5) is 14.0. The molecule has 76 valence electrons. The number of alkyl halides is 2. The Bertz CT molecular complexity index is 359. The first kappa shape index (κ1) is 11.0. The van der Waals surface area contributed by atoms with E-state index in [1.807, 2.05) is 0 Å². The molecule has 0 aliphatic heterocycles. The van der Waals surface area contributed by atoms with Crippen LogP contribution in [-0.2, 0) is 0 Å². The van der Waals surface area contributed by atoms with Crippen molar-refractivity contribution in [2.45, 2.75) is 13.3 Å². The number of carboxylic acid groups (broad SMARTS) is 1. The predicted molar refractivity (Wildman–Crippen MR) is 48.6 cm³/mol. The van der Waals surface area contributed by atoms with Gasteiger partial charge in [0.1, 0.15) is 10.3 Å². The highest BCUT2D eigenvalue weighted by Gasteiger charge is 2.18. The first-order valence-corrected chi connectivity index (χ1v) is 4.41. The first-order valence-electron chi connectivity index (χ1n) is 3.62. The Morgan fingerprint density at radius 3 is 2.57 bits per heavy atom. The zero-order valence-corrected chi connectivity index (χ0v) is 8.68. The lowest BCUT2D eigenvalue weighted by Crippen LogP contribution is -2.04. The molecule has 0 saturated heterocycles. The third kappa shape index (κ3) is 2.06. The first-order chi connectivity index (χ1) is 6.43. The molecule has 0 saturated carbocycles. The molecule has 1 aromatic heterocycles. The van der Waals surface area contributed by atoms with E-state index in [1.165, 1.54) is 6.92 Å². The number of aryl methyl sites for hydroxylation is 1. The lowest BCUT2D eigenvalue weighted by atomic mass is 10.1. The summed E-state index contributed by atoms with van der Waals surface area (Å²) in [7, 11) is 0. The van der Waals surface area contributed by atoms with Crippen molar-refractivity contribution in [3.63, 3.8) is 0 Å². The van der Waals surface area contributed by atoms with Crippen molar-refractivity contribution in [3.05, 3.63) is 27.5 Å². The van der Waals surface area contributed by atoms with Gasteiger partial charge in [0.2, 0.25) is 0 Å². The number of hydrogen-bond donors (Lipinski definition) is 1. The quantitative estimate of drug-likeness (QED) is 0.837. The molecule has 0 bridgehead atoms. The van der Waals surface area contributed by atoms with Crippen LogP contribution in [-0.4, -0.2) is 16.1 Å². The van der Waals surface area contributed by atoms with Crippen molar-refractivity contribution >= 4 is 21.9 Å². The molecule has 1 rings (SSSR count). The molecule has 6 heteroatoms. The summed E-state index contributed by atoms with van der Waals surface area (Å²) in [6.45, 7) is 1.42. The zero-order chi connectivity index (χ0) is 10.9. The van der Waals surface area contributed by atoms with Crippen LogP contribution in [0.4, 0.5) is 8.78 Å². The summed E-state index contributed by atoms with van der Waals surface area (Å²) in [5, 5.41) is 8.59. The molecule has 1 aromatic rings. The Labute approximate surface area is 86.9 Å². The number of nitrogens with zero attached hydrogens (tertiary/aromatic N) is 1. The van der Waals surface area contributed by atoms with E-state index in [1.54, 1.807) is 0 Å². The fourth-order valence-corrected chi connectivity index (χ4v) is 1.69. The van der Waals surface area contributed by atoms with E-state index in [0.717, 1.165) is 6.07 Å². The minimum absolute atomic E-state index is 0.120. The van der Waals surface area contributed by atoms with Gasteiger partial charge in [0.25, 0.3) is 6.43 Å². The molecule has 14 heavy (non-hydrogen) atoms. The SMILES string of the molecule is Cc1cc(C(=O)O)nc(Br)c1C(F)F. The molecule has 0 spiro atoms. The van der Waals surface area contributed by atoms with Gasteiger partial charge in [0.15, 0.2) is 0 Å². The van der Waals surface area contributed by atoms with E-state index in [0.29, 0.717) is 0 Å². The van der Waals surface area contributed by atoms with Crippen molar-refractivity contribution in [3.8, 4) is 0 Å². The van der Waals surface area contributed by atoms with Crippen LogP contribution in [0.1, 0.15) is 28.0 Å². The van der Waals surface area contributed by atoms with Crippen LogP contribution in [0.5, 0.6) is 0 Å². The Morgan fingerprint density at radius 2 is 2.21 bits per heavy atom. The van der Waals surface area contributed by atoms with Gasteiger partial charge in [-0.05, 0) is 34.5 Å². The molecular formula is C8H6BrF2NO2. The number of pyridine rings is 1. The third-order valence-corrected chi connectivity index (χ3v) is 2.26. The van der Waals surface area contributed by atoms with Gasteiger partial charge in [0, 0.05) is 0 Å². The van der Waals surface area contributed by atoms with Crippen molar-refractivity contribution in [1.29, 1.82) is 0 Å². The van der Waals surface area contributed by atoms with Gasteiger partial charge in [-0.2, -0.15) is 0 Å². The maximum atomic E-state index is 12.4. The third-order valence-electron chi connectivity index (χ3n) is 1.66.